The van der Waals surface area contributed by atoms with E-state index in [1.165, 1.54) is 16.4 Å². The van der Waals surface area contributed by atoms with Gasteiger partial charge in [0.2, 0.25) is 10.0 Å². The van der Waals surface area contributed by atoms with E-state index in [1.807, 2.05) is 39.8 Å². The molecular weight excluding hydrogens is 414 g/mol. The van der Waals surface area contributed by atoms with Crippen LogP contribution in [-0.2, 0) is 16.6 Å². The maximum absolute atomic E-state index is 13.2. The van der Waals surface area contributed by atoms with E-state index in [0.717, 1.165) is 24.0 Å². The summed E-state index contributed by atoms with van der Waals surface area (Å²) in [6.07, 6.45) is 2.46. The molecule has 0 saturated carbocycles. The smallest absolute Gasteiger partial charge is 0.335 e. The lowest BCUT2D eigenvalue weighted by Crippen LogP contribution is -2.36. The fraction of sp³-hybridized carbons (Fsp3) is 0.458. The number of nitrogens with zero attached hydrogens (tertiary/aromatic N) is 1. The summed E-state index contributed by atoms with van der Waals surface area (Å²) in [5.74, 6) is -0.218. The third kappa shape index (κ3) is 7.28. The van der Waals surface area contributed by atoms with Gasteiger partial charge < -0.3 is 9.84 Å². The topological polar surface area (TPSA) is 83.9 Å². The molecule has 1 N–H and O–H groups in total. The Balaban J connectivity index is 2.31. The van der Waals surface area contributed by atoms with Gasteiger partial charge in [-0.2, -0.15) is 0 Å². The van der Waals surface area contributed by atoms with E-state index in [9.17, 15) is 13.2 Å². The fourth-order valence-electron chi connectivity index (χ4n) is 3.19. The van der Waals surface area contributed by atoms with Crippen molar-refractivity contribution in [3.8, 4) is 5.75 Å². The first-order valence-electron chi connectivity index (χ1n) is 10.7. The van der Waals surface area contributed by atoms with E-state index in [1.54, 1.807) is 18.2 Å². The molecule has 0 aliphatic heterocycles. The molecule has 0 saturated heterocycles. The van der Waals surface area contributed by atoms with Crippen LogP contribution >= 0.6 is 0 Å². The average Bonchev–Trinajstić information content (AvgIpc) is 2.71. The molecule has 0 radical (unpaired) electrons. The molecule has 6 nitrogen and oxygen atoms in total. The number of aromatic carboxylic acids is 1. The zero-order chi connectivity index (χ0) is 23.0. The number of sulfonamides is 1. The summed E-state index contributed by atoms with van der Waals surface area (Å²) in [6.45, 7) is 8.55. The molecule has 0 spiro atoms. The van der Waals surface area contributed by atoms with Crippen molar-refractivity contribution >= 4 is 21.7 Å². The van der Waals surface area contributed by atoms with Gasteiger partial charge in [0.05, 0.1) is 17.0 Å². The standard InChI is InChI=1S/C24H33NO5S/c1-5-6-7-14-31(28,29)25(16-18(2)3)22-13-8-19(4)15-23(22)30-17-20-9-11-21(12-10-20)24(26)27/h8-13,15,18H,5-7,14,16-17H2,1-4H3,(H,26,27). The Morgan fingerprint density at radius 1 is 1.10 bits per heavy atom. The number of carbonyl (C=O) groups is 1. The van der Waals surface area contributed by atoms with E-state index >= 15 is 0 Å². The second kappa shape index (κ2) is 11.2. The van der Waals surface area contributed by atoms with Crippen LogP contribution in [0.25, 0.3) is 0 Å². The number of anilines is 1. The minimum atomic E-state index is -3.49. The highest BCUT2D eigenvalue weighted by Gasteiger charge is 2.26. The quantitative estimate of drug-likeness (QED) is 0.449. The van der Waals surface area contributed by atoms with Crippen LogP contribution in [0.5, 0.6) is 5.75 Å². The van der Waals surface area contributed by atoms with Crippen LogP contribution in [0.15, 0.2) is 42.5 Å². The average molecular weight is 448 g/mol. The molecule has 0 fully saturated rings. The summed E-state index contributed by atoms with van der Waals surface area (Å²) in [5.41, 5.74) is 2.52. The van der Waals surface area contributed by atoms with Crippen LogP contribution in [0.2, 0.25) is 0 Å². The van der Waals surface area contributed by atoms with Crippen LogP contribution in [0, 0.1) is 12.8 Å². The van der Waals surface area contributed by atoms with Gasteiger partial charge in [-0.05, 0) is 54.7 Å². The highest BCUT2D eigenvalue weighted by Crippen LogP contribution is 2.33. The summed E-state index contributed by atoms with van der Waals surface area (Å²) < 4.78 is 33.9. The normalized spacial score (nSPS) is 11.5. The van der Waals surface area contributed by atoms with Gasteiger partial charge in [-0.1, -0.05) is 51.8 Å². The molecule has 0 bridgehead atoms. The monoisotopic (exact) mass is 447 g/mol. The number of hydrogen-bond acceptors (Lipinski definition) is 4. The minimum Gasteiger partial charge on any atom is -0.487 e. The molecule has 2 rings (SSSR count). The van der Waals surface area contributed by atoms with E-state index < -0.39 is 16.0 Å². The number of carboxylic acids is 1. The molecule has 31 heavy (non-hydrogen) atoms. The SMILES string of the molecule is CCCCCS(=O)(=O)N(CC(C)C)c1ccc(C)cc1OCc1ccc(C(=O)O)cc1. The second-order valence-corrected chi connectivity index (χ2v) is 10.2. The van der Waals surface area contributed by atoms with Gasteiger partial charge in [-0.3, -0.25) is 4.31 Å². The Morgan fingerprint density at radius 3 is 2.35 bits per heavy atom. The first-order valence-corrected chi connectivity index (χ1v) is 12.3. The third-order valence-corrected chi connectivity index (χ3v) is 6.67. The van der Waals surface area contributed by atoms with E-state index in [-0.39, 0.29) is 23.8 Å². The Labute approximate surface area is 185 Å². The van der Waals surface area contributed by atoms with Gasteiger partial charge in [0.1, 0.15) is 12.4 Å². The summed E-state index contributed by atoms with van der Waals surface area (Å²) in [7, 11) is -3.49. The summed E-state index contributed by atoms with van der Waals surface area (Å²) in [4.78, 5) is 11.0. The minimum absolute atomic E-state index is 0.109. The van der Waals surface area contributed by atoms with Gasteiger partial charge in [0, 0.05) is 6.54 Å². The van der Waals surface area contributed by atoms with Crippen molar-refractivity contribution in [2.75, 3.05) is 16.6 Å². The predicted octanol–water partition coefficient (Wildman–Crippen LogP) is 5.25. The Morgan fingerprint density at radius 2 is 1.77 bits per heavy atom. The lowest BCUT2D eigenvalue weighted by Gasteiger charge is -2.28. The van der Waals surface area contributed by atoms with Crippen LogP contribution in [0.1, 0.15) is 61.5 Å². The maximum Gasteiger partial charge on any atom is 0.335 e. The molecular formula is C24H33NO5S. The molecule has 0 aromatic heterocycles. The Hall–Kier alpha value is -2.54. The molecule has 0 unspecified atom stereocenters. The van der Waals surface area contributed by atoms with Gasteiger partial charge in [0.15, 0.2) is 0 Å². The van der Waals surface area contributed by atoms with Crippen LogP contribution < -0.4 is 9.04 Å². The number of carboxylic acid groups (broad SMARTS) is 1. The largest absolute Gasteiger partial charge is 0.487 e. The number of ether oxygens (including phenoxy) is 1. The van der Waals surface area contributed by atoms with Gasteiger partial charge in [0.25, 0.3) is 0 Å². The Kier molecular flexibility index (Phi) is 8.92. The van der Waals surface area contributed by atoms with Crippen LogP contribution in [0.3, 0.4) is 0 Å². The Bertz CT molecular complexity index is 968. The molecule has 0 atom stereocenters. The molecule has 0 aliphatic rings. The molecule has 170 valence electrons. The highest BCUT2D eigenvalue weighted by atomic mass is 32.2. The summed E-state index contributed by atoms with van der Waals surface area (Å²) in [6, 6.07) is 12.0. The molecule has 7 heteroatoms. The van der Waals surface area contributed by atoms with Gasteiger partial charge in [-0.15, -0.1) is 0 Å². The van der Waals surface area contributed by atoms with Gasteiger partial charge in [-0.25, -0.2) is 13.2 Å². The lowest BCUT2D eigenvalue weighted by molar-refractivity contribution is 0.0697. The van der Waals surface area contributed by atoms with E-state index in [4.69, 9.17) is 9.84 Å². The van der Waals surface area contributed by atoms with Crippen molar-refractivity contribution in [1.82, 2.24) is 0 Å². The van der Waals surface area contributed by atoms with Crippen molar-refractivity contribution in [3.05, 3.63) is 59.2 Å². The van der Waals surface area contributed by atoms with Crippen LogP contribution in [-0.4, -0.2) is 31.8 Å². The molecule has 0 amide bonds. The lowest BCUT2D eigenvalue weighted by atomic mass is 10.1. The number of unbranched alkanes of at least 4 members (excludes halogenated alkanes) is 2. The van der Waals surface area contributed by atoms with Gasteiger partial charge >= 0.3 is 5.97 Å². The van der Waals surface area contributed by atoms with E-state index in [2.05, 4.69) is 0 Å². The van der Waals surface area contributed by atoms with Crippen molar-refractivity contribution in [3.63, 3.8) is 0 Å². The molecule has 0 aliphatic carbocycles. The third-order valence-electron chi connectivity index (χ3n) is 4.85. The first-order chi connectivity index (χ1) is 14.6. The fourth-order valence-corrected chi connectivity index (χ4v) is 4.95. The van der Waals surface area contributed by atoms with Crippen molar-refractivity contribution < 1.29 is 23.1 Å². The zero-order valence-electron chi connectivity index (χ0n) is 18.8. The zero-order valence-corrected chi connectivity index (χ0v) is 19.6. The first kappa shape index (κ1) is 24.7. The molecule has 2 aromatic carbocycles. The van der Waals surface area contributed by atoms with Crippen molar-refractivity contribution in [1.29, 1.82) is 0 Å². The highest BCUT2D eigenvalue weighted by molar-refractivity contribution is 7.92. The number of rotatable bonds is 12. The summed E-state index contributed by atoms with van der Waals surface area (Å²) >= 11 is 0. The molecule has 2 aromatic rings. The van der Waals surface area contributed by atoms with Crippen molar-refractivity contribution in [2.45, 2.75) is 53.6 Å². The number of hydrogen-bond donors (Lipinski definition) is 1. The second-order valence-electron chi connectivity index (χ2n) is 8.21. The van der Waals surface area contributed by atoms with Crippen LogP contribution in [0.4, 0.5) is 5.69 Å². The molecule has 0 heterocycles. The number of benzene rings is 2. The summed E-state index contributed by atoms with van der Waals surface area (Å²) in [5, 5.41) is 9.04. The van der Waals surface area contributed by atoms with Crippen molar-refractivity contribution in [2.24, 2.45) is 5.92 Å². The maximum atomic E-state index is 13.2. The predicted molar refractivity (Wildman–Crippen MR) is 124 cm³/mol. The number of aryl methyl sites for hydroxylation is 1. The van der Waals surface area contributed by atoms with E-state index in [0.29, 0.717) is 24.4 Å².